The Morgan fingerprint density at radius 3 is 2.60 bits per heavy atom. The van der Waals surface area contributed by atoms with Crippen LogP contribution in [0.1, 0.15) is 19.4 Å². The number of hydrogen-bond acceptors (Lipinski definition) is 1. The quantitative estimate of drug-likeness (QED) is 0.843. The second-order valence-electron chi connectivity index (χ2n) is 4.16. The largest absolute Gasteiger partial charge is 0.330 e. The molecule has 1 nitrogen and oxygen atoms in total. The van der Waals surface area contributed by atoms with E-state index in [4.69, 9.17) is 17.3 Å². The molecule has 0 fully saturated rings. The number of hydrogen-bond donors (Lipinski definition) is 1. The third-order valence-corrected chi connectivity index (χ3v) is 3.18. The molecule has 0 aliphatic carbocycles. The van der Waals surface area contributed by atoms with Gasteiger partial charge in [-0.05, 0) is 36.4 Å². The van der Waals surface area contributed by atoms with E-state index in [1.807, 2.05) is 6.07 Å². The summed E-state index contributed by atoms with van der Waals surface area (Å²) in [6.45, 7) is 4.83. The van der Waals surface area contributed by atoms with Gasteiger partial charge < -0.3 is 5.73 Å². The van der Waals surface area contributed by atoms with Crippen LogP contribution in [0.25, 0.3) is 0 Å². The highest BCUT2D eigenvalue weighted by Crippen LogP contribution is 2.24. The van der Waals surface area contributed by atoms with Crippen molar-refractivity contribution in [3.8, 4) is 0 Å². The summed E-state index contributed by atoms with van der Waals surface area (Å²) in [5.74, 6) is 0.479. The molecule has 1 rings (SSSR count). The lowest BCUT2D eigenvalue weighted by Crippen LogP contribution is -2.22. The van der Waals surface area contributed by atoms with Crippen LogP contribution in [0.2, 0.25) is 5.02 Å². The van der Waals surface area contributed by atoms with Crippen LogP contribution in [-0.2, 0) is 6.42 Å². The maximum atomic E-state index is 13.2. The molecule has 0 aliphatic rings. The van der Waals surface area contributed by atoms with Crippen LogP contribution in [0.5, 0.6) is 0 Å². The van der Waals surface area contributed by atoms with Gasteiger partial charge in [-0.2, -0.15) is 0 Å². The highest BCUT2D eigenvalue weighted by molar-refractivity contribution is 6.31. The fourth-order valence-electron chi connectivity index (χ4n) is 1.58. The van der Waals surface area contributed by atoms with Crippen LogP contribution >= 0.6 is 11.6 Å². The van der Waals surface area contributed by atoms with E-state index in [1.165, 1.54) is 6.07 Å². The Morgan fingerprint density at radius 2 is 2.07 bits per heavy atom. The zero-order valence-electron chi connectivity index (χ0n) is 9.13. The molecule has 1 aromatic carbocycles. The van der Waals surface area contributed by atoms with Gasteiger partial charge in [0.15, 0.2) is 0 Å². The van der Waals surface area contributed by atoms with Crippen molar-refractivity contribution >= 4 is 11.6 Å². The van der Waals surface area contributed by atoms with Crippen molar-refractivity contribution in [2.24, 2.45) is 17.6 Å². The molecule has 3 heteroatoms. The first-order valence-electron chi connectivity index (χ1n) is 5.19. The van der Waals surface area contributed by atoms with Crippen molar-refractivity contribution in [2.45, 2.75) is 20.3 Å². The van der Waals surface area contributed by atoms with E-state index in [2.05, 4.69) is 13.8 Å². The molecule has 0 heterocycles. The summed E-state index contributed by atoms with van der Waals surface area (Å²) in [5, 5.41) is 0.233. The van der Waals surface area contributed by atoms with Gasteiger partial charge in [0.25, 0.3) is 0 Å². The third-order valence-electron chi connectivity index (χ3n) is 2.76. The molecule has 84 valence electrons. The van der Waals surface area contributed by atoms with Gasteiger partial charge >= 0.3 is 0 Å². The highest BCUT2D eigenvalue weighted by atomic mass is 35.5. The summed E-state index contributed by atoms with van der Waals surface area (Å²) < 4.78 is 13.2. The molecule has 0 bridgehead atoms. The summed E-state index contributed by atoms with van der Waals surface area (Å²) in [5.41, 5.74) is 6.52. The molecule has 2 N–H and O–H groups in total. The predicted octanol–water partition coefficient (Wildman–Crippen LogP) is 3.25. The highest BCUT2D eigenvalue weighted by Gasteiger charge is 2.15. The molecule has 0 saturated carbocycles. The van der Waals surface area contributed by atoms with Crippen LogP contribution in [0.15, 0.2) is 18.2 Å². The first-order valence-corrected chi connectivity index (χ1v) is 5.57. The molecular formula is C12H17ClFN. The summed E-state index contributed by atoms with van der Waals surface area (Å²) >= 11 is 5.88. The molecule has 0 aromatic heterocycles. The van der Waals surface area contributed by atoms with Gasteiger partial charge in [-0.3, -0.25) is 0 Å². The summed E-state index contributed by atoms with van der Waals surface area (Å²) in [6.07, 6.45) is 0.741. The van der Waals surface area contributed by atoms with Crippen molar-refractivity contribution in [1.82, 2.24) is 0 Å². The zero-order valence-corrected chi connectivity index (χ0v) is 9.89. The summed E-state index contributed by atoms with van der Waals surface area (Å²) in [4.78, 5) is 0. The van der Waals surface area contributed by atoms with E-state index in [9.17, 15) is 4.39 Å². The molecule has 0 radical (unpaired) electrons. The molecule has 0 aliphatic heterocycles. The summed E-state index contributed by atoms with van der Waals surface area (Å²) in [6, 6.07) is 4.92. The molecule has 1 unspecified atom stereocenters. The van der Waals surface area contributed by atoms with Gasteiger partial charge in [-0.25, -0.2) is 4.39 Å². The molecule has 1 aromatic rings. The van der Waals surface area contributed by atoms with Crippen LogP contribution in [-0.4, -0.2) is 6.54 Å². The molecular weight excluding hydrogens is 213 g/mol. The minimum Gasteiger partial charge on any atom is -0.330 e. The topological polar surface area (TPSA) is 26.0 Å². The Labute approximate surface area is 95.4 Å². The van der Waals surface area contributed by atoms with Gasteiger partial charge in [0.1, 0.15) is 5.82 Å². The normalized spacial score (nSPS) is 13.2. The van der Waals surface area contributed by atoms with Gasteiger partial charge in [-0.1, -0.05) is 37.6 Å². The molecule has 0 saturated heterocycles. The van der Waals surface area contributed by atoms with E-state index in [0.29, 0.717) is 18.4 Å². The van der Waals surface area contributed by atoms with Gasteiger partial charge in [0.05, 0.1) is 5.02 Å². The van der Waals surface area contributed by atoms with Crippen molar-refractivity contribution in [2.75, 3.05) is 6.54 Å². The van der Waals surface area contributed by atoms with Gasteiger partial charge in [0.2, 0.25) is 0 Å². The summed E-state index contributed by atoms with van der Waals surface area (Å²) in [7, 11) is 0. The van der Waals surface area contributed by atoms with E-state index in [0.717, 1.165) is 12.0 Å². The molecule has 1 atom stereocenters. The van der Waals surface area contributed by atoms with Crippen LogP contribution in [0.4, 0.5) is 4.39 Å². The van der Waals surface area contributed by atoms with E-state index in [-0.39, 0.29) is 10.8 Å². The fraction of sp³-hybridized carbons (Fsp3) is 0.500. The van der Waals surface area contributed by atoms with E-state index >= 15 is 0 Å². The Hall–Kier alpha value is -0.600. The fourth-order valence-corrected chi connectivity index (χ4v) is 1.78. The minimum absolute atomic E-state index is 0.233. The number of rotatable bonds is 4. The monoisotopic (exact) mass is 229 g/mol. The number of benzene rings is 1. The van der Waals surface area contributed by atoms with E-state index < -0.39 is 0 Å². The first-order chi connectivity index (χ1) is 7.06. The third kappa shape index (κ3) is 3.18. The van der Waals surface area contributed by atoms with Crippen LogP contribution in [0, 0.1) is 17.7 Å². The number of halogens is 2. The molecule has 0 amide bonds. The smallest absolute Gasteiger partial charge is 0.142 e. The lowest BCUT2D eigenvalue weighted by atomic mass is 9.89. The van der Waals surface area contributed by atoms with E-state index in [1.54, 1.807) is 6.07 Å². The van der Waals surface area contributed by atoms with Crippen LogP contribution < -0.4 is 5.73 Å². The van der Waals surface area contributed by atoms with Crippen LogP contribution in [0.3, 0.4) is 0 Å². The van der Waals surface area contributed by atoms with Crippen molar-refractivity contribution in [3.05, 3.63) is 34.6 Å². The first kappa shape index (κ1) is 12.5. The predicted molar refractivity (Wildman–Crippen MR) is 62.5 cm³/mol. The second kappa shape index (κ2) is 5.47. The minimum atomic E-state index is -0.353. The Kier molecular flexibility index (Phi) is 4.55. The maximum absolute atomic E-state index is 13.2. The standard InChI is InChI=1S/C12H17ClFN/c1-8(2)10(7-15)6-9-4-3-5-11(14)12(9)13/h3-5,8,10H,6-7,15H2,1-2H3. The van der Waals surface area contributed by atoms with Crippen molar-refractivity contribution < 1.29 is 4.39 Å². The SMILES string of the molecule is CC(C)C(CN)Cc1cccc(F)c1Cl. The lowest BCUT2D eigenvalue weighted by molar-refractivity contribution is 0.391. The van der Waals surface area contributed by atoms with Crippen molar-refractivity contribution in [1.29, 1.82) is 0 Å². The average molecular weight is 230 g/mol. The molecule has 15 heavy (non-hydrogen) atoms. The molecule has 0 spiro atoms. The van der Waals surface area contributed by atoms with Gasteiger partial charge in [0, 0.05) is 0 Å². The second-order valence-corrected chi connectivity index (χ2v) is 4.53. The number of nitrogens with two attached hydrogens (primary N) is 1. The Bertz CT molecular complexity index is 325. The Morgan fingerprint density at radius 1 is 1.40 bits per heavy atom. The lowest BCUT2D eigenvalue weighted by Gasteiger charge is -2.19. The Balaban J connectivity index is 2.84. The van der Waals surface area contributed by atoms with Gasteiger partial charge in [-0.15, -0.1) is 0 Å². The zero-order chi connectivity index (χ0) is 11.4. The average Bonchev–Trinajstić information content (AvgIpc) is 2.19. The van der Waals surface area contributed by atoms with Crippen molar-refractivity contribution in [3.63, 3.8) is 0 Å². The maximum Gasteiger partial charge on any atom is 0.142 e.